The van der Waals surface area contributed by atoms with Gasteiger partial charge in [-0.3, -0.25) is 0 Å². The van der Waals surface area contributed by atoms with Gasteiger partial charge in [-0.25, -0.2) is 0 Å². The zero-order valence-corrected chi connectivity index (χ0v) is 11.3. The molecule has 0 aromatic heterocycles. The van der Waals surface area contributed by atoms with E-state index in [9.17, 15) is 0 Å². The average Bonchev–Trinajstić information content (AvgIpc) is 3.13. The molecule has 3 heteroatoms. The van der Waals surface area contributed by atoms with Crippen LogP contribution in [0, 0.1) is 17.3 Å². The standard InChI is InChI=1S/C14H23ClO2/c15-10-14(9-11-3-6-16-7-4-11)5-8-17-13(14)12-1-2-12/h11-13H,1-10H2. The fraction of sp³-hybridized carbons (Fsp3) is 1.00. The fourth-order valence-corrected chi connectivity index (χ4v) is 4.08. The number of ether oxygens (including phenoxy) is 2. The molecule has 2 nitrogen and oxygen atoms in total. The Balaban J connectivity index is 1.67. The lowest BCUT2D eigenvalue weighted by molar-refractivity contribution is 0.00841. The van der Waals surface area contributed by atoms with Crippen LogP contribution in [0.2, 0.25) is 0 Å². The maximum atomic E-state index is 6.34. The molecule has 3 rings (SSSR count). The lowest BCUT2D eigenvalue weighted by Crippen LogP contribution is -2.37. The smallest absolute Gasteiger partial charge is 0.0671 e. The van der Waals surface area contributed by atoms with E-state index >= 15 is 0 Å². The molecular formula is C14H23ClO2. The molecule has 2 unspecified atom stereocenters. The number of alkyl halides is 1. The first-order valence-corrected chi connectivity index (χ1v) is 7.63. The van der Waals surface area contributed by atoms with Gasteiger partial charge in [-0.2, -0.15) is 0 Å². The largest absolute Gasteiger partial charge is 0.381 e. The van der Waals surface area contributed by atoms with Crippen LogP contribution < -0.4 is 0 Å². The third-order valence-electron chi connectivity index (χ3n) is 4.85. The molecule has 1 aliphatic carbocycles. The molecule has 3 fully saturated rings. The number of halogens is 1. The van der Waals surface area contributed by atoms with Crippen LogP contribution in [-0.4, -0.2) is 31.8 Å². The fourth-order valence-electron chi connectivity index (χ4n) is 3.68. The second-order valence-corrected chi connectivity index (χ2v) is 6.40. The maximum absolute atomic E-state index is 6.34. The van der Waals surface area contributed by atoms with Crippen molar-refractivity contribution in [1.29, 1.82) is 0 Å². The van der Waals surface area contributed by atoms with Crippen LogP contribution in [0.3, 0.4) is 0 Å². The van der Waals surface area contributed by atoms with E-state index in [1.165, 1.54) is 38.5 Å². The minimum atomic E-state index is 0.282. The highest BCUT2D eigenvalue weighted by molar-refractivity contribution is 6.18. The van der Waals surface area contributed by atoms with Crippen LogP contribution in [0.4, 0.5) is 0 Å². The molecule has 2 atom stereocenters. The van der Waals surface area contributed by atoms with E-state index in [1.807, 2.05) is 0 Å². The minimum Gasteiger partial charge on any atom is -0.381 e. The van der Waals surface area contributed by atoms with Crippen LogP contribution in [-0.2, 0) is 9.47 Å². The normalized spacial score (nSPS) is 39.7. The topological polar surface area (TPSA) is 18.5 Å². The van der Waals surface area contributed by atoms with Crippen LogP contribution in [0.25, 0.3) is 0 Å². The van der Waals surface area contributed by atoms with Gasteiger partial charge in [-0.05, 0) is 50.4 Å². The van der Waals surface area contributed by atoms with Crippen molar-refractivity contribution < 1.29 is 9.47 Å². The van der Waals surface area contributed by atoms with Gasteiger partial charge >= 0.3 is 0 Å². The quantitative estimate of drug-likeness (QED) is 0.721. The first-order valence-electron chi connectivity index (χ1n) is 7.09. The van der Waals surface area contributed by atoms with Crippen molar-refractivity contribution in [3.05, 3.63) is 0 Å². The summed E-state index contributed by atoms with van der Waals surface area (Å²) in [4.78, 5) is 0. The van der Waals surface area contributed by atoms with Crippen molar-refractivity contribution in [1.82, 2.24) is 0 Å². The zero-order valence-electron chi connectivity index (χ0n) is 10.5. The highest BCUT2D eigenvalue weighted by Crippen LogP contribution is 2.52. The van der Waals surface area contributed by atoms with E-state index in [4.69, 9.17) is 21.1 Å². The first kappa shape index (κ1) is 12.3. The molecule has 17 heavy (non-hydrogen) atoms. The van der Waals surface area contributed by atoms with Crippen LogP contribution in [0.1, 0.15) is 38.5 Å². The molecule has 3 aliphatic rings. The van der Waals surface area contributed by atoms with E-state index in [0.717, 1.165) is 37.5 Å². The van der Waals surface area contributed by atoms with Gasteiger partial charge < -0.3 is 9.47 Å². The average molecular weight is 259 g/mol. The Hall–Kier alpha value is 0.210. The Labute approximate surface area is 109 Å². The van der Waals surface area contributed by atoms with Crippen molar-refractivity contribution in [3.63, 3.8) is 0 Å². The van der Waals surface area contributed by atoms with Crippen molar-refractivity contribution in [2.24, 2.45) is 17.3 Å². The van der Waals surface area contributed by atoms with Crippen molar-refractivity contribution >= 4 is 11.6 Å². The summed E-state index contributed by atoms with van der Waals surface area (Å²) in [6.45, 7) is 2.81. The van der Waals surface area contributed by atoms with Gasteiger partial charge in [0.1, 0.15) is 0 Å². The molecule has 0 N–H and O–H groups in total. The summed E-state index contributed by atoms with van der Waals surface area (Å²) >= 11 is 6.34. The number of hydrogen-bond acceptors (Lipinski definition) is 2. The molecule has 0 aromatic carbocycles. The van der Waals surface area contributed by atoms with Gasteiger partial charge in [0.05, 0.1) is 6.10 Å². The van der Waals surface area contributed by atoms with E-state index < -0.39 is 0 Å². The summed E-state index contributed by atoms with van der Waals surface area (Å²) in [5, 5.41) is 0. The van der Waals surface area contributed by atoms with Gasteiger partial charge in [0, 0.05) is 31.1 Å². The third kappa shape index (κ3) is 2.50. The van der Waals surface area contributed by atoms with Gasteiger partial charge in [0.2, 0.25) is 0 Å². The molecule has 2 heterocycles. The number of rotatable bonds is 4. The zero-order chi connectivity index (χ0) is 11.7. The Bertz CT molecular complexity index is 261. The monoisotopic (exact) mass is 258 g/mol. The van der Waals surface area contributed by atoms with Crippen molar-refractivity contribution in [2.75, 3.05) is 25.7 Å². The van der Waals surface area contributed by atoms with E-state index in [-0.39, 0.29) is 5.41 Å². The molecule has 0 bridgehead atoms. The van der Waals surface area contributed by atoms with Crippen molar-refractivity contribution in [2.45, 2.75) is 44.6 Å². The highest BCUT2D eigenvalue weighted by atomic mass is 35.5. The Morgan fingerprint density at radius 2 is 1.82 bits per heavy atom. The minimum absolute atomic E-state index is 0.282. The maximum Gasteiger partial charge on any atom is 0.0671 e. The van der Waals surface area contributed by atoms with Crippen molar-refractivity contribution in [3.8, 4) is 0 Å². The van der Waals surface area contributed by atoms with Gasteiger partial charge in [-0.15, -0.1) is 11.6 Å². The lowest BCUT2D eigenvalue weighted by atomic mass is 9.72. The predicted molar refractivity (Wildman–Crippen MR) is 68.4 cm³/mol. The second kappa shape index (κ2) is 5.07. The highest BCUT2D eigenvalue weighted by Gasteiger charge is 2.51. The van der Waals surface area contributed by atoms with E-state index in [2.05, 4.69) is 0 Å². The number of hydrogen-bond donors (Lipinski definition) is 0. The Kier molecular flexibility index (Phi) is 3.65. The van der Waals surface area contributed by atoms with Crippen LogP contribution in [0.15, 0.2) is 0 Å². The molecule has 0 amide bonds. The van der Waals surface area contributed by atoms with E-state index in [0.29, 0.717) is 6.10 Å². The molecule has 0 aromatic rings. The van der Waals surface area contributed by atoms with Crippen LogP contribution in [0.5, 0.6) is 0 Å². The Morgan fingerprint density at radius 3 is 2.47 bits per heavy atom. The summed E-state index contributed by atoms with van der Waals surface area (Å²) in [5.74, 6) is 2.41. The molecular weight excluding hydrogens is 236 g/mol. The molecule has 98 valence electrons. The third-order valence-corrected chi connectivity index (χ3v) is 5.39. The van der Waals surface area contributed by atoms with Gasteiger partial charge in [0.25, 0.3) is 0 Å². The van der Waals surface area contributed by atoms with Gasteiger partial charge in [-0.1, -0.05) is 0 Å². The lowest BCUT2D eigenvalue weighted by Gasteiger charge is -2.37. The molecule has 2 saturated heterocycles. The summed E-state index contributed by atoms with van der Waals surface area (Å²) in [6, 6.07) is 0. The predicted octanol–water partition coefficient (Wildman–Crippen LogP) is 3.23. The van der Waals surface area contributed by atoms with Gasteiger partial charge in [0.15, 0.2) is 0 Å². The van der Waals surface area contributed by atoms with Crippen LogP contribution >= 0.6 is 11.6 Å². The van der Waals surface area contributed by atoms with E-state index in [1.54, 1.807) is 0 Å². The summed E-state index contributed by atoms with van der Waals surface area (Å²) < 4.78 is 11.5. The summed E-state index contributed by atoms with van der Waals surface area (Å²) in [6.07, 6.45) is 8.05. The summed E-state index contributed by atoms with van der Waals surface area (Å²) in [5.41, 5.74) is 0.282. The molecule has 0 spiro atoms. The first-order chi connectivity index (χ1) is 8.34. The SMILES string of the molecule is ClCC1(CC2CCOCC2)CCOC1C1CC1. The second-order valence-electron chi connectivity index (χ2n) is 6.13. The Morgan fingerprint density at radius 1 is 1.06 bits per heavy atom. The molecule has 0 radical (unpaired) electrons. The summed E-state index contributed by atoms with van der Waals surface area (Å²) in [7, 11) is 0. The molecule has 2 aliphatic heterocycles. The molecule has 1 saturated carbocycles.